The SMILES string of the molecule is Cc1c(Cl)cccc1NC(=O)c1ccnc(Nc2cccc(C#N)c2)c1. The lowest BCUT2D eigenvalue weighted by Gasteiger charge is -2.11. The van der Waals surface area contributed by atoms with Crippen molar-refractivity contribution in [2.24, 2.45) is 0 Å². The number of hydrogen-bond donors (Lipinski definition) is 2. The number of anilines is 3. The fourth-order valence-corrected chi connectivity index (χ4v) is 2.57. The van der Waals surface area contributed by atoms with E-state index in [0.29, 0.717) is 27.7 Å². The zero-order valence-electron chi connectivity index (χ0n) is 14.0. The molecule has 2 N–H and O–H groups in total. The zero-order chi connectivity index (χ0) is 18.5. The van der Waals surface area contributed by atoms with Gasteiger partial charge in [0.05, 0.1) is 11.6 Å². The molecular formula is C20H15ClN4O. The van der Waals surface area contributed by atoms with Crippen molar-refractivity contribution in [3.63, 3.8) is 0 Å². The molecule has 0 spiro atoms. The Hall–Kier alpha value is -3.36. The minimum absolute atomic E-state index is 0.258. The highest BCUT2D eigenvalue weighted by molar-refractivity contribution is 6.31. The Morgan fingerprint density at radius 1 is 1.15 bits per heavy atom. The molecule has 0 atom stereocenters. The lowest BCUT2D eigenvalue weighted by molar-refractivity contribution is 0.102. The molecule has 0 bridgehead atoms. The van der Waals surface area contributed by atoms with E-state index in [1.807, 2.05) is 13.0 Å². The van der Waals surface area contributed by atoms with Crippen LogP contribution < -0.4 is 10.6 Å². The Bertz CT molecular complexity index is 1010. The first-order valence-electron chi connectivity index (χ1n) is 7.86. The van der Waals surface area contributed by atoms with E-state index in [0.717, 1.165) is 11.3 Å². The standard InChI is InChI=1S/C20H15ClN4O/c1-13-17(21)6-3-7-18(13)25-20(26)15-8-9-23-19(11-15)24-16-5-2-4-14(10-16)12-22/h2-11H,1H3,(H,23,24)(H,25,26). The monoisotopic (exact) mass is 362 g/mol. The highest BCUT2D eigenvalue weighted by Crippen LogP contribution is 2.24. The lowest BCUT2D eigenvalue weighted by Crippen LogP contribution is -2.13. The van der Waals surface area contributed by atoms with Crippen LogP contribution in [0.3, 0.4) is 0 Å². The molecule has 0 radical (unpaired) electrons. The fraction of sp³-hybridized carbons (Fsp3) is 0.0500. The number of carbonyl (C=O) groups is 1. The topological polar surface area (TPSA) is 77.8 Å². The third-order valence-electron chi connectivity index (χ3n) is 3.80. The number of hydrogen-bond acceptors (Lipinski definition) is 4. The van der Waals surface area contributed by atoms with Crippen molar-refractivity contribution in [3.8, 4) is 6.07 Å². The maximum Gasteiger partial charge on any atom is 0.255 e. The number of nitrogens with zero attached hydrogens (tertiary/aromatic N) is 2. The quantitative estimate of drug-likeness (QED) is 0.691. The lowest BCUT2D eigenvalue weighted by atomic mass is 10.1. The van der Waals surface area contributed by atoms with Gasteiger partial charge in [0.2, 0.25) is 0 Å². The third kappa shape index (κ3) is 4.00. The zero-order valence-corrected chi connectivity index (χ0v) is 14.7. The molecular weight excluding hydrogens is 348 g/mol. The molecule has 0 aliphatic rings. The number of pyridine rings is 1. The van der Waals surface area contributed by atoms with Crippen LogP contribution in [0.15, 0.2) is 60.8 Å². The molecule has 5 nitrogen and oxygen atoms in total. The summed E-state index contributed by atoms with van der Waals surface area (Å²) in [5.41, 5.74) is 3.19. The Balaban J connectivity index is 1.79. The Morgan fingerprint density at radius 2 is 1.96 bits per heavy atom. The normalized spacial score (nSPS) is 10.0. The van der Waals surface area contributed by atoms with Crippen LogP contribution in [-0.2, 0) is 0 Å². The van der Waals surface area contributed by atoms with Crippen molar-refractivity contribution >= 4 is 34.7 Å². The van der Waals surface area contributed by atoms with Crippen LogP contribution in [0.1, 0.15) is 21.5 Å². The van der Waals surface area contributed by atoms with Crippen molar-refractivity contribution in [1.29, 1.82) is 5.26 Å². The number of aromatic nitrogens is 1. The van der Waals surface area contributed by atoms with Crippen LogP contribution in [-0.4, -0.2) is 10.9 Å². The number of nitrogens with one attached hydrogen (secondary N) is 2. The fourth-order valence-electron chi connectivity index (χ4n) is 2.39. The number of benzene rings is 2. The molecule has 0 saturated carbocycles. The first-order chi connectivity index (χ1) is 12.6. The van der Waals surface area contributed by atoms with Crippen LogP contribution in [0.25, 0.3) is 0 Å². The van der Waals surface area contributed by atoms with Gasteiger partial charge in [0.1, 0.15) is 5.82 Å². The summed E-state index contributed by atoms with van der Waals surface area (Å²) in [5.74, 6) is 0.252. The minimum Gasteiger partial charge on any atom is -0.340 e. The second-order valence-electron chi connectivity index (χ2n) is 5.61. The smallest absolute Gasteiger partial charge is 0.255 e. The molecule has 26 heavy (non-hydrogen) atoms. The van der Waals surface area contributed by atoms with Gasteiger partial charge in [0.15, 0.2) is 0 Å². The number of amides is 1. The largest absolute Gasteiger partial charge is 0.340 e. The van der Waals surface area contributed by atoms with Crippen molar-refractivity contribution in [3.05, 3.63) is 82.5 Å². The van der Waals surface area contributed by atoms with Crippen LogP contribution >= 0.6 is 11.6 Å². The van der Waals surface area contributed by atoms with Gasteiger partial charge < -0.3 is 10.6 Å². The van der Waals surface area contributed by atoms with Gasteiger partial charge >= 0.3 is 0 Å². The molecule has 0 aliphatic carbocycles. The van der Waals surface area contributed by atoms with Crippen molar-refractivity contribution in [2.45, 2.75) is 6.92 Å². The summed E-state index contributed by atoms with van der Waals surface area (Å²) < 4.78 is 0. The van der Waals surface area contributed by atoms with Gasteiger partial charge in [-0.15, -0.1) is 0 Å². The molecule has 128 valence electrons. The second kappa shape index (κ2) is 7.68. The minimum atomic E-state index is -0.258. The first-order valence-corrected chi connectivity index (χ1v) is 8.24. The number of nitriles is 1. The Labute approximate surface area is 156 Å². The van der Waals surface area contributed by atoms with E-state index in [1.54, 1.807) is 54.7 Å². The van der Waals surface area contributed by atoms with Gasteiger partial charge in [0, 0.05) is 28.2 Å². The molecule has 6 heteroatoms. The van der Waals surface area contributed by atoms with E-state index in [2.05, 4.69) is 21.7 Å². The number of rotatable bonds is 4. The van der Waals surface area contributed by atoms with Crippen LogP contribution in [0.4, 0.5) is 17.2 Å². The molecule has 3 rings (SSSR count). The molecule has 2 aromatic carbocycles. The summed E-state index contributed by atoms with van der Waals surface area (Å²) in [6.07, 6.45) is 1.55. The summed E-state index contributed by atoms with van der Waals surface area (Å²) in [7, 11) is 0. The first kappa shape index (κ1) is 17.5. The summed E-state index contributed by atoms with van der Waals surface area (Å²) in [5, 5.41) is 15.5. The average Bonchev–Trinajstić information content (AvgIpc) is 2.66. The predicted molar refractivity (Wildman–Crippen MR) is 103 cm³/mol. The second-order valence-corrected chi connectivity index (χ2v) is 6.02. The molecule has 3 aromatic rings. The number of carbonyl (C=O) groups excluding carboxylic acids is 1. The van der Waals surface area contributed by atoms with Gasteiger partial charge in [-0.2, -0.15) is 5.26 Å². The van der Waals surface area contributed by atoms with E-state index in [4.69, 9.17) is 16.9 Å². The van der Waals surface area contributed by atoms with Gasteiger partial charge in [-0.05, 0) is 55.0 Å². The van der Waals surface area contributed by atoms with Crippen molar-refractivity contribution in [1.82, 2.24) is 4.98 Å². The maximum atomic E-state index is 12.5. The van der Waals surface area contributed by atoms with E-state index < -0.39 is 0 Å². The van der Waals surface area contributed by atoms with Crippen LogP contribution in [0.2, 0.25) is 5.02 Å². The molecule has 0 saturated heterocycles. The van der Waals surface area contributed by atoms with Gasteiger partial charge in [-0.25, -0.2) is 4.98 Å². The molecule has 1 aromatic heterocycles. The van der Waals surface area contributed by atoms with Gasteiger partial charge in [-0.3, -0.25) is 4.79 Å². The Morgan fingerprint density at radius 3 is 2.77 bits per heavy atom. The summed E-state index contributed by atoms with van der Waals surface area (Å²) in [6, 6.07) is 17.8. The van der Waals surface area contributed by atoms with Gasteiger partial charge in [0.25, 0.3) is 5.91 Å². The molecule has 1 amide bonds. The highest BCUT2D eigenvalue weighted by Gasteiger charge is 2.10. The van der Waals surface area contributed by atoms with Gasteiger partial charge in [-0.1, -0.05) is 23.7 Å². The molecule has 0 aliphatic heterocycles. The maximum absolute atomic E-state index is 12.5. The summed E-state index contributed by atoms with van der Waals surface area (Å²) in [6.45, 7) is 1.85. The van der Waals surface area contributed by atoms with E-state index in [1.165, 1.54) is 0 Å². The third-order valence-corrected chi connectivity index (χ3v) is 4.21. The van der Waals surface area contributed by atoms with Crippen molar-refractivity contribution in [2.75, 3.05) is 10.6 Å². The van der Waals surface area contributed by atoms with Crippen LogP contribution in [0.5, 0.6) is 0 Å². The predicted octanol–water partition coefficient (Wildman–Crippen LogP) is 4.91. The van der Waals surface area contributed by atoms with Crippen LogP contribution in [0, 0.1) is 18.3 Å². The average molecular weight is 363 g/mol. The molecule has 1 heterocycles. The van der Waals surface area contributed by atoms with Crippen molar-refractivity contribution < 1.29 is 4.79 Å². The summed E-state index contributed by atoms with van der Waals surface area (Å²) >= 11 is 6.09. The van der Waals surface area contributed by atoms with E-state index in [-0.39, 0.29) is 5.91 Å². The van der Waals surface area contributed by atoms with E-state index >= 15 is 0 Å². The Kier molecular flexibility index (Phi) is 5.16. The molecule has 0 fully saturated rings. The highest BCUT2D eigenvalue weighted by atomic mass is 35.5. The number of halogens is 1. The molecule has 0 unspecified atom stereocenters. The summed E-state index contributed by atoms with van der Waals surface area (Å²) in [4.78, 5) is 16.7. The van der Waals surface area contributed by atoms with E-state index in [9.17, 15) is 4.79 Å².